The van der Waals surface area contributed by atoms with Gasteiger partial charge in [-0.25, -0.2) is 0 Å². The van der Waals surface area contributed by atoms with Gasteiger partial charge in [-0.3, -0.25) is 0 Å². The Morgan fingerprint density at radius 2 is 0.720 bits per heavy atom. The molecule has 1 heteroatoms. The van der Waals surface area contributed by atoms with Crippen LogP contribution in [0.5, 0.6) is 0 Å². The molecule has 1 aromatic carbocycles. The summed E-state index contributed by atoms with van der Waals surface area (Å²) < 4.78 is 5.07. The average molecular weight is 357 g/mol. The zero-order valence-corrected chi connectivity index (χ0v) is 18.6. The minimum atomic E-state index is 0. The molecular formula is C24H52O. The van der Waals surface area contributed by atoms with Crippen LogP contribution in [0.2, 0.25) is 0 Å². The molecule has 0 amide bonds. The van der Waals surface area contributed by atoms with E-state index in [1.54, 1.807) is 0 Å². The average Bonchev–Trinajstić information content (AvgIpc) is 2.61. The second-order valence-corrected chi connectivity index (χ2v) is 6.29. The van der Waals surface area contributed by atoms with Crippen LogP contribution in [-0.2, 0) is 4.74 Å². The summed E-state index contributed by atoms with van der Waals surface area (Å²) in [5.41, 5.74) is 0. The molecule has 0 aromatic heterocycles. The lowest BCUT2D eigenvalue weighted by molar-refractivity contribution is 0.0968. The second-order valence-electron chi connectivity index (χ2n) is 6.29. The highest BCUT2D eigenvalue weighted by Gasteiger charge is 1.95. The molecule has 0 N–H and O–H groups in total. The molecule has 0 aliphatic carbocycles. The largest absolute Gasteiger partial charge is 0.381 e. The van der Waals surface area contributed by atoms with Crippen molar-refractivity contribution in [2.45, 2.75) is 95.9 Å². The van der Waals surface area contributed by atoms with Crippen LogP contribution in [0, 0.1) is 11.8 Å². The Morgan fingerprint density at radius 1 is 0.520 bits per heavy atom. The third kappa shape index (κ3) is 83.2. The van der Waals surface area contributed by atoms with Gasteiger partial charge in [0.1, 0.15) is 0 Å². The summed E-state index contributed by atoms with van der Waals surface area (Å²) in [5.74, 6) is 1.67. The van der Waals surface area contributed by atoms with Gasteiger partial charge in [-0.1, -0.05) is 113 Å². The lowest BCUT2D eigenvalue weighted by Crippen LogP contribution is -2.03. The van der Waals surface area contributed by atoms with Crippen molar-refractivity contribution < 1.29 is 4.74 Å². The molecule has 1 heterocycles. The molecule has 1 aliphatic heterocycles. The topological polar surface area (TPSA) is 9.23 Å². The number of benzene rings is 1. The fraction of sp³-hybridized carbons (Fsp3) is 0.750. The summed E-state index contributed by atoms with van der Waals surface area (Å²) in [6.07, 6.45) is 3.93. The first kappa shape index (κ1) is 35.3. The van der Waals surface area contributed by atoms with E-state index in [4.69, 9.17) is 4.74 Å². The molecule has 2 rings (SSSR count). The number of ether oxygens (including phenoxy) is 1. The molecule has 0 spiro atoms. The minimum Gasteiger partial charge on any atom is -0.381 e. The second kappa shape index (κ2) is 38.6. The van der Waals surface area contributed by atoms with Crippen molar-refractivity contribution in [1.82, 2.24) is 0 Å². The molecule has 1 fully saturated rings. The van der Waals surface area contributed by atoms with Gasteiger partial charge in [-0.05, 0) is 31.1 Å². The molecule has 0 saturated carbocycles. The van der Waals surface area contributed by atoms with E-state index in [2.05, 4.69) is 41.5 Å². The minimum absolute atomic E-state index is 0. The van der Waals surface area contributed by atoms with Crippen LogP contribution in [0.4, 0.5) is 0 Å². The van der Waals surface area contributed by atoms with Crippen molar-refractivity contribution in [2.24, 2.45) is 11.8 Å². The quantitative estimate of drug-likeness (QED) is 0.451. The zero-order chi connectivity index (χ0) is 19.6. The Hall–Kier alpha value is -0.820. The van der Waals surface area contributed by atoms with Gasteiger partial charge in [0.15, 0.2) is 0 Å². The van der Waals surface area contributed by atoms with E-state index >= 15 is 0 Å². The molecule has 0 atom stereocenters. The molecule has 1 aliphatic rings. The van der Waals surface area contributed by atoms with Crippen LogP contribution in [0.3, 0.4) is 0 Å². The van der Waals surface area contributed by atoms with Gasteiger partial charge >= 0.3 is 0 Å². The van der Waals surface area contributed by atoms with Crippen LogP contribution in [0.15, 0.2) is 36.4 Å². The van der Waals surface area contributed by atoms with E-state index in [1.807, 2.05) is 64.1 Å². The Balaban J connectivity index is -0.0000000669. The van der Waals surface area contributed by atoms with Crippen molar-refractivity contribution in [2.75, 3.05) is 13.2 Å². The summed E-state index contributed by atoms with van der Waals surface area (Å²) >= 11 is 0. The predicted octanol–water partition coefficient (Wildman–Crippen LogP) is 8.89. The molecule has 0 unspecified atom stereocenters. The van der Waals surface area contributed by atoms with Crippen LogP contribution in [-0.4, -0.2) is 13.2 Å². The molecule has 0 radical (unpaired) electrons. The van der Waals surface area contributed by atoms with E-state index in [0.717, 1.165) is 25.0 Å². The summed E-state index contributed by atoms with van der Waals surface area (Å²) in [6, 6.07) is 12.0. The number of hydrogen-bond donors (Lipinski definition) is 0. The predicted molar refractivity (Wildman–Crippen MR) is 122 cm³/mol. The molecule has 154 valence electrons. The van der Waals surface area contributed by atoms with E-state index in [1.165, 1.54) is 19.3 Å². The first-order chi connectivity index (χ1) is 11.5. The first-order valence-corrected chi connectivity index (χ1v) is 10.0. The van der Waals surface area contributed by atoms with Crippen LogP contribution >= 0.6 is 0 Å². The van der Waals surface area contributed by atoms with E-state index in [9.17, 15) is 0 Å². The highest BCUT2D eigenvalue weighted by molar-refractivity contribution is 4.99. The SMILES string of the molecule is C.C1CCOCC1.CC.CC.CC(C)C.CC(C)C.c1ccccc1. The highest BCUT2D eigenvalue weighted by Crippen LogP contribution is 2.02. The molecule has 1 aromatic rings. The summed E-state index contributed by atoms with van der Waals surface area (Å²) in [4.78, 5) is 0. The van der Waals surface area contributed by atoms with Gasteiger partial charge in [-0.2, -0.15) is 0 Å². The van der Waals surface area contributed by atoms with Crippen molar-refractivity contribution in [1.29, 1.82) is 0 Å². The summed E-state index contributed by atoms with van der Waals surface area (Å²) in [6.45, 7) is 23.0. The Bertz CT molecular complexity index is 188. The van der Waals surface area contributed by atoms with Gasteiger partial charge in [0.25, 0.3) is 0 Å². The normalized spacial score (nSPS) is 11.0. The Kier molecular flexibility index (Phi) is 54.6. The number of rotatable bonds is 0. The van der Waals surface area contributed by atoms with Crippen molar-refractivity contribution in [3.05, 3.63) is 36.4 Å². The third-order valence-electron chi connectivity index (χ3n) is 1.74. The molecular weight excluding hydrogens is 304 g/mol. The number of hydrogen-bond acceptors (Lipinski definition) is 1. The maximum atomic E-state index is 5.07. The maximum Gasteiger partial charge on any atom is 0.0466 e. The molecule has 0 bridgehead atoms. The molecule has 25 heavy (non-hydrogen) atoms. The first-order valence-electron chi connectivity index (χ1n) is 10.0. The van der Waals surface area contributed by atoms with E-state index in [0.29, 0.717) is 0 Å². The highest BCUT2D eigenvalue weighted by atomic mass is 16.5. The fourth-order valence-corrected chi connectivity index (χ4v) is 1.07. The smallest absolute Gasteiger partial charge is 0.0466 e. The lowest BCUT2D eigenvalue weighted by atomic mass is 10.2. The van der Waals surface area contributed by atoms with Gasteiger partial charge in [0, 0.05) is 13.2 Å². The van der Waals surface area contributed by atoms with Gasteiger partial charge in [0.2, 0.25) is 0 Å². The van der Waals surface area contributed by atoms with E-state index < -0.39 is 0 Å². The maximum absolute atomic E-state index is 5.07. The fourth-order valence-electron chi connectivity index (χ4n) is 1.07. The van der Waals surface area contributed by atoms with E-state index in [-0.39, 0.29) is 7.43 Å². The molecule has 1 nitrogen and oxygen atoms in total. The standard InChI is InChI=1S/C6H6.C5H10O.2C4H10.2C2H6.CH4/c2*1-2-4-6-5-3-1;2*1-4(2)3;2*1-2;/h1-6H;1-5H2;2*4H,1-3H3;2*1-2H3;1H4. The van der Waals surface area contributed by atoms with Gasteiger partial charge in [-0.15, -0.1) is 0 Å². The zero-order valence-electron chi connectivity index (χ0n) is 18.6. The van der Waals surface area contributed by atoms with Gasteiger partial charge in [0.05, 0.1) is 0 Å². The Morgan fingerprint density at radius 3 is 0.800 bits per heavy atom. The summed E-state index contributed by atoms with van der Waals surface area (Å²) in [5, 5.41) is 0. The lowest BCUT2D eigenvalue weighted by Gasteiger charge is -2.08. The third-order valence-corrected chi connectivity index (χ3v) is 1.74. The van der Waals surface area contributed by atoms with Crippen molar-refractivity contribution >= 4 is 0 Å². The van der Waals surface area contributed by atoms with Crippen molar-refractivity contribution in [3.8, 4) is 0 Å². The Labute approximate surface area is 162 Å². The monoisotopic (exact) mass is 356 g/mol. The van der Waals surface area contributed by atoms with Crippen molar-refractivity contribution in [3.63, 3.8) is 0 Å². The molecule has 1 saturated heterocycles. The van der Waals surface area contributed by atoms with Crippen LogP contribution in [0.1, 0.15) is 95.9 Å². The van der Waals surface area contributed by atoms with Crippen LogP contribution < -0.4 is 0 Å². The summed E-state index contributed by atoms with van der Waals surface area (Å²) in [7, 11) is 0. The van der Waals surface area contributed by atoms with Gasteiger partial charge < -0.3 is 4.74 Å². The van der Waals surface area contributed by atoms with Crippen LogP contribution in [0.25, 0.3) is 0 Å².